The summed E-state index contributed by atoms with van der Waals surface area (Å²) in [4.78, 5) is 14.7. The average molecular weight is 368 g/mol. The van der Waals surface area contributed by atoms with E-state index in [1.54, 1.807) is 0 Å². The lowest BCUT2D eigenvalue weighted by Crippen LogP contribution is -2.51. The van der Waals surface area contributed by atoms with Crippen molar-refractivity contribution in [1.29, 1.82) is 0 Å². The topological polar surface area (TPSA) is 60.0 Å². The van der Waals surface area contributed by atoms with E-state index in [1.165, 1.54) is 0 Å². The van der Waals surface area contributed by atoms with E-state index in [4.69, 9.17) is 14.2 Å². The van der Waals surface area contributed by atoms with E-state index in [0.29, 0.717) is 31.2 Å². The number of nitrogens with one attached hydrogen (secondary N) is 1. The van der Waals surface area contributed by atoms with E-state index in [0.717, 1.165) is 25.0 Å². The van der Waals surface area contributed by atoms with E-state index < -0.39 is 0 Å². The molecule has 2 aliphatic rings. The van der Waals surface area contributed by atoms with Crippen molar-refractivity contribution >= 4 is 11.7 Å². The molecule has 2 aromatic carbocycles. The Balaban J connectivity index is 1.43. The van der Waals surface area contributed by atoms with Crippen molar-refractivity contribution in [3.05, 3.63) is 54.6 Å². The van der Waals surface area contributed by atoms with Gasteiger partial charge in [0.05, 0.1) is 19.3 Å². The van der Waals surface area contributed by atoms with Crippen LogP contribution in [0.1, 0.15) is 19.3 Å². The number of carbonyl (C=O) groups is 1. The van der Waals surface area contributed by atoms with Crippen molar-refractivity contribution in [1.82, 2.24) is 4.90 Å². The second-order valence-corrected chi connectivity index (χ2v) is 6.74. The van der Waals surface area contributed by atoms with Gasteiger partial charge in [-0.25, -0.2) is 4.79 Å². The van der Waals surface area contributed by atoms with Crippen LogP contribution in [0, 0.1) is 0 Å². The molecule has 142 valence electrons. The van der Waals surface area contributed by atoms with Crippen molar-refractivity contribution in [2.24, 2.45) is 0 Å². The summed E-state index contributed by atoms with van der Waals surface area (Å²) in [5.41, 5.74) is 0.700. The molecule has 6 nitrogen and oxygen atoms in total. The number of para-hydroxylation sites is 1. The molecular weight excluding hydrogens is 344 g/mol. The van der Waals surface area contributed by atoms with Gasteiger partial charge in [-0.15, -0.1) is 0 Å². The van der Waals surface area contributed by atoms with Crippen LogP contribution in [0.5, 0.6) is 11.5 Å². The normalized spacial score (nSPS) is 20.4. The second kappa shape index (κ2) is 8.41. The third-order valence-corrected chi connectivity index (χ3v) is 4.84. The summed E-state index contributed by atoms with van der Waals surface area (Å²) in [5.74, 6) is 1.43. The molecular formula is C21H24N2O4. The number of ether oxygens (including phenoxy) is 3. The Labute approximate surface area is 159 Å². The summed E-state index contributed by atoms with van der Waals surface area (Å²) in [6.45, 7) is 1.89. The van der Waals surface area contributed by atoms with Crippen molar-refractivity contribution in [3.8, 4) is 11.5 Å². The van der Waals surface area contributed by atoms with E-state index in [9.17, 15) is 4.79 Å². The first-order valence-electron chi connectivity index (χ1n) is 9.43. The third-order valence-electron chi connectivity index (χ3n) is 4.84. The van der Waals surface area contributed by atoms with Gasteiger partial charge in [0.15, 0.2) is 6.29 Å². The van der Waals surface area contributed by atoms with Crippen LogP contribution in [-0.2, 0) is 9.47 Å². The molecule has 6 heteroatoms. The van der Waals surface area contributed by atoms with Crippen LogP contribution in [-0.4, -0.2) is 43.0 Å². The Bertz CT molecular complexity index is 762. The van der Waals surface area contributed by atoms with Gasteiger partial charge in [-0.1, -0.05) is 24.3 Å². The zero-order valence-electron chi connectivity index (χ0n) is 15.2. The van der Waals surface area contributed by atoms with Gasteiger partial charge in [0, 0.05) is 18.3 Å². The number of benzene rings is 2. The van der Waals surface area contributed by atoms with Gasteiger partial charge in [-0.2, -0.15) is 0 Å². The first-order valence-corrected chi connectivity index (χ1v) is 9.43. The lowest BCUT2D eigenvalue weighted by molar-refractivity contribution is -0.0973. The second-order valence-electron chi connectivity index (χ2n) is 6.74. The minimum absolute atomic E-state index is 0.0370. The molecule has 2 saturated heterocycles. The van der Waals surface area contributed by atoms with Crippen LogP contribution in [0.3, 0.4) is 0 Å². The Morgan fingerprint density at radius 1 is 1.00 bits per heavy atom. The zero-order chi connectivity index (χ0) is 18.5. The monoisotopic (exact) mass is 368 g/mol. The van der Waals surface area contributed by atoms with Crippen molar-refractivity contribution < 1.29 is 19.0 Å². The summed E-state index contributed by atoms with van der Waals surface area (Å²) in [6, 6.07) is 16.8. The molecule has 0 aliphatic carbocycles. The van der Waals surface area contributed by atoms with Gasteiger partial charge in [0.2, 0.25) is 0 Å². The number of urea groups is 1. The summed E-state index contributed by atoms with van der Waals surface area (Å²) >= 11 is 0. The van der Waals surface area contributed by atoms with Crippen LogP contribution in [0.4, 0.5) is 10.5 Å². The Hall–Kier alpha value is -2.57. The Morgan fingerprint density at radius 3 is 2.59 bits per heavy atom. The smallest absolute Gasteiger partial charge is 0.322 e. The largest absolute Gasteiger partial charge is 0.457 e. The highest BCUT2D eigenvalue weighted by Gasteiger charge is 2.36. The number of hydrogen-bond acceptors (Lipinski definition) is 4. The SMILES string of the molecule is O=C(Nc1cccc(Oc2ccccc2)c1)N1CCCCC1C1OCCO1. The van der Waals surface area contributed by atoms with Crippen molar-refractivity contribution in [2.75, 3.05) is 25.1 Å². The van der Waals surface area contributed by atoms with Crippen LogP contribution in [0.25, 0.3) is 0 Å². The van der Waals surface area contributed by atoms with E-state index in [2.05, 4.69) is 5.32 Å². The lowest BCUT2D eigenvalue weighted by atomic mass is 10.0. The summed E-state index contributed by atoms with van der Waals surface area (Å²) < 4.78 is 17.1. The van der Waals surface area contributed by atoms with E-state index >= 15 is 0 Å². The molecule has 0 bridgehead atoms. The molecule has 1 unspecified atom stereocenters. The van der Waals surface area contributed by atoms with Crippen molar-refractivity contribution in [2.45, 2.75) is 31.6 Å². The Morgan fingerprint density at radius 2 is 1.78 bits per heavy atom. The molecule has 4 rings (SSSR count). The molecule has 1 N–H and O–H groups in total. The average Bonchev–Trinajstić information content (AvgIpc) is 3.24. The van der Waals surface area contributed by atoms with Gasteiger partial charge in [-0.05, 0) is 43.5 Å². The molecule has 27 heavy (non-hydrogen) atoms. The van der Waals surface area contributed by atoms with E-state index in [-0.39, 0.29) is 18.4 Å². The number of rotatable bonds is 4. The van der Waals surface area contributed by atoms with Gasteiger partial charge in [-0.3, -0.25) is 0 Å². The molecule has 0 radical (unpaired) electrons. The predicted octanol–water partition coefficient (Wildman–Crippen LogP) is 4.24. The maximum absolute atomic E-state index is 12.9. The highest BCUT2D eigenvalue weighted by molar-refractivity contribution is 5.89. The fourth-order valence-corrected chi connectivity index (χ4v) is 3.55. The highest BCUT2D eigenvalue weighted by Crippen LogP contribution is 2.27. The number of carbonyl (C=O) groups excluding carboxylic acids is 1. The maximum Gasteiger partial charge on any atom is 0.322 e. The zero-order valence-corrected chi connectivity index (χ0v) is 15.2. The molecule has 2 aliphatic heterocycles. The molecule has 0 spiro atoms. The number of amides is 2. The number of anilines is 1. The van der Waals surface area contributed by atoms with Gasteiger partial charge >= 0.3 is 6.03 Å². The molecule has 2 heterocycles. The number of nitrogens with zero attached hydrogens (tertiary/aromatic N) is 1. The molecule has 2 amide bonds. The number of hydrogen-bond donors (Lipinski definition) is 1. The summed E-state index contributed by atoms with van der Waals surface area (Å²) in [7, 11) is 0. The van der Waals surface area contributed by atoms with Crippen LogP contribution in [0.15, 0.2) is 54.6 Å². The maximum atomic E-state index is 12.9. The first kappa shape index (κ1) is 17.8. The molecule has 2 aromatic rings. The van der Waals surface area contributed by atoms with Gasteiger partial charge < -0.3 is 24.4 Å². The van der Waals surface area contributed by atoms with Crippen molar-refractivity contribution in [3.63, 3.8) is 0 Å². The van der Waals surface area contributed by atoms with Gasteiger partial charge in [0.1, 0.15) is 11.5 Å². The summed E-state index contributed by atoms with van der Waals surface area (Å²) in [6.07, 6.45) is 2.66. The number of piperidine rings is 1. The van der Waals surface area contributed by atoms with Gasteiger partial charge in [0.25, 0.3) is 0 Å². The third kappa shape index (κ3) is 4.40. The standard InChI is InChI=1S/C21H24N2O4/c24-21(23-12-5-4-11-19(23)20-25-13-14-26-20)22-16-7-6-10-18(15-16)27-17-8-2-1-3-9-17/h1-3,6-10,15,19-20H,4-5,11-14H2,(H,22,24). The van der Waals surface area contributed by atoms with E-state index in [1.807, 2.05) is 59.5 Å². The lowest BCUT2D eigenvalue weighted by Gasteiger charge is -2.37. The first-order chi connectivity index (χ1) is 13.3. The van der Waals surface area contributed by atoms with Crippen LogP contribution < -0.4 is 10.1 Å². The number of likely N-dealkylation sites (tertiary alicyclic amines) is 1. The summed E-state index contributed by atoms with van der Waals surface area (Å²) in [5, 5.41) is 2.99. The fraction of sp³-hybridized carbons (Fsp3) is 0.381. The molecule has 2 fully saturated rings. The minimum Gasteiger partial charge on any atom is -0.457 e. The molecule has 0 aromatic heterocycles. The fourth-order valence-electron chi connectivity index (χ4n) is 3.55. The molecule has 0 saturated carbocycles. The predicted molar refractivity (Wildman–Crippen MR) is 102 cm³/mol. The quantitative estimate of drug-likeness (QED) is 0.877. The minimum atomic E-state index is -0.316. The van der Waals surface area contributed by atoms with Crippen LogP contribution in [0.2, 0.25) is 0 Å². The Kier molecular flexibility index (Phi) is 5.55. The highest BCUT2D eigenvalue weighted by atomic mass is 16.7. The molecule has 1 atom stereocenters. The van der Waals surface area contributed by atoms with Crippen LogP contribution >= 0.6 is 0 Å².